The van der Waals surface area contributed by atoms with E-state index in [-0.39, 0.29) is 11.8 Å². The monoisotopic (exact) mass is 347 g/mol. The first-order valence-corrected chi connectivity index (χ1v) is 7.25. The predicted octanol–water partition coefficient (Wildman–Crippen LogP) is 4.35. The average molecular weight is 348 g/mol. The molecule has 6 heteroatoms. The summed E-state index contributed by atoms with van der Waals surface area (Å²) in [5.41, 5.74) is 6.99. The van der Waals surface area contributed by atoms with Gasteiger partial charge in [0.2, 0.25) is 0 Å². The van der Waals surface area contributed by atoms with E-state index in [1.165, 1.54) is 17.0 Å². The fraction of sp³-hybridized carbons (Fsp3) is 0.231. The van der Waals surface area contributed by atoms with Gasteiger partial charge in [-0.3, -0.25) is 0 Å². The molecule has 1 unspecified atom stereocenters. The van der Waals surface area contributed by atoms with E-state index in [1.54, 1.807) is 23.5 Å². The number of benzene rings is 1. The fourth-order valence-electron chi connectivity index (χ4n) is 1.68. The SMILES string of the molecule is NC(Cc1sccc1Br)c1ccc(OC(F)F)cc1. The van der Waals surface area contributed by atoms with Crippen molar-refractivity contribution in [1.82, 2.24) is 0 Å². The van der Waals surface area contributed by atoms with Gasteiger partial charge in [0.25, 0.3) is 0 Å². The smallest absolute Gasteiger partial charge is 0.387 e. The van der Waals surface area contributed by atoms with Gasteiger partial charge in [0, 0.05) is 21.8 Å². The third-order valence-electron chi connectivity index (χ3n) is 2.63. The summed E-state index contributed by atoms with van der Waals surface area (Å²) in [4.78, 5) is 1.17. The minimum Gasteiger partial charge on any atom is -0.435 e. The Hall–Kier alpha value is -0.980. The Bertz CT molecular complexity index is 530. The summed E-state index contributed by atoms with van der Waals surface area (Å²) in [7, 11) is 0. The van der Waals surface area contributed by atoms with Crippen LogP contribution in [0.3, 0.4) is 0 Å². The molecule has 2 nitrogen and oxygen atoms in total. The van der Waals surface area contributed by atoms with E-state index in [4.69, 9.17) is 5.73 Å². The maximum absolute atomic E-state index is 12.0. The first-order chi connectivity index (χ1) is 9.06. The standard InChI is InChI=1S/C13H12BrF2NOS/c14-10-5-6-19-12(10)7-11(17)8-1-3-9(4-2-8)18-13(15)16/h1-6,11,13H,7,17H2. The van der Waals surface area contributed by atoms with Crippen LogP contribution >= 0.6 is 27.3 Å². The molecule has 1 aromatic carbocycles. The average Bonchev–Trinajstić information content (AvgIpc) is 2.75. The normalized spacial score (nSPS) is 12.7. The van der Waals surface area contributed by atoms with E-state index in [0.29, 0.717) is 6.42 Å². The minimum absolute atomic E-state index is 0.142. The lowest BCUT2D eigenvalue weighted by Gasteiger charge is -2.12. The molecule has 2 rings (SSSR count). The van der Waals surface area contributed by atoms with Crippen molar-refractivity contribution < 1.29 is 13.5 Å². The maximum atomic E-state index is 12.0. The second-order valence-corrected chi connectivity index (χ2v) is 5.80. The second-order valence-electron chi connectivity index (χ2n) is 3.95. The molecule has 102 valence electrons. The molecule has 1 aromatic heterocycles. The van der Waals surface area contributed by atoms with Crippen molar-refractivity contribution in [1.29, 1.82) is 0 Å². The molecule has 0 fully saturated rings. The number of hydrogen-bond donors (Lipinski definition) is 1. The van der Waals surface area contributed by atoms with E-state index in [0.717, 1.165) is 10.0 Å². The summed E-state index contributed by atoms with van der Waals surface area (Å²) in [6.45, 7) is -2.80. The summed E-state index contributed by atoms with van der Waals surface area (Å²) < 4.78 is 29.4. The van der Waals surface area contributed by atoms with Crippen molar-refractivity contribution in [3.05, 3.63) is 50.6 Å². The Kier molecular flexibility index (Phi) is 4.90. The molecule has 0 bridgehead atoms. The van der Waals surface area contributed by atoms with Gasteiger partial charge in [-0.15, -0.1) is 11.3 Å². The number of ether oxygens (including phenoxy) is 1. The van der Waals surface area contributed by atoms with Gasteiger partial charge < -0.3 is 10.5 Å². The number of rotatable bonds is 5. The predicted molar refractivity (Wildman–Crippen MR) is 75.7 cm³/mol. The molecule has 0 aliphatic heterocycles. The molecule has 0 aliphatic carbocycles. The second kappa shape index (κ2) is 6.45. The van der Waals surface area contributed by atoms with Gasteiger partial charge in [0.15, 0.2) is 0 Å². The molecule has 2 aromatic rings. The lowest BCUT2D eigenvalue weighted by Crippen LogP contribution is -2.13. The molecule has 1 heterocycles. The van der Waals surface area contributed by atoms with Crippen LogP contribution in [-0.2, 0) is 6.42 Å². The van der Waals surface area contributed by atoms with Crippen molar-refractivity contribution >= 4 is 27.3 Å². The van der Waals surface area contributed by atoms with Crippen LogP contribution < -0.4 is 10.5 Å². The van der Waals surface area contributed by atoms with Gasteiger partial charge in [-0.05, 0) is 45.1 Å². The molecule has 19 heavy (non-hydrogen) atoms. The quantitative estimate of drug-likeness (QED) is 0.872. The number of alkyl halides is 2. The van der Waals surface area contributed by atoms with Gasteiger partial charge in [-0.1, -0.05) is 12.1 Å². The molecule has 0 amide bonds. The van der Waals surface area contributed by atoms with Crippen LogP contribution in [0.25, 0.3) is 0 Å². The van der Waals surface area contributed by atoms with Crippen LogP contribution in [0.4, 0.5) is 8.78 Å². The third kappa shape index (κ3) is 3.99. The molecule has 0 radical (unpaired) electrons. The number of thiophene rings is 1. The van der Waals surface area contributed by atoms with Crippen molar-refractivity contribution in [2.24, 2.45) is 5.73 Å². The highest BCUT2D eigenvalue weighted by Gasteiger charge is 2.11. The Morgan fingerprint density at radius 1 is 1.21 bits per heavy atom. The molecule has 1 atom stereocenters. The zero-order valence-electron chi connectivity index (χ0n) is 9.85. The van der Waals surface area contributed by atoms with E-state index in [1.807, 2.05) is 11.4 Å². The van der Waals surface area contributed by atoms with E-state index >= 15 is 0 Å². The summed E-state index contributed by atoms with van der Waals surface area (Å²) in [6.07, 6.45) is 0.702. The first kappa shape index (κ1) is 14.4. The molecular weight excluding hydrogens is 336 g/mol. The highest BCUT2D eigenvalue weighted by atomic mass is 79.9. The topological polar surface area (TPSA) is 35.2 Å². The van der Waals surface area contributed by atoms with Crippen LogP contribution in [0.1, 0.15) is 16.5 Å². The molecule has 2 N–H and O–H groups in total. The third-order valence-corrected chi connectivity index (χ3v) is 4.58. The largest absolute Gasteiger partial charge is 0.435 e. The van der Waals surface area contributed by atoms with Gasteiger partial charge in [0.05, 0.1) is 0 Å². The van der Waals surface area contributed by atoms with Crippen LogP contribution in [0, 0.1) is 0 Å². The Balaban J connectivity index is 2.03. The maximum Gasteiger partial charge on any atom is 0.387 e. The van der Waals surface area contributed by atoms with E-state index in [9.17, 15) is 8.78 Å². The number of hydrogen-bond acceptors (Lipinski definition) is 3. The molecule has 0 aliphatic rings. The zero-order chi connectivity index (χ0) is 13.8. The fourth-order valence-corrected chi connectivity index (χ4v) is 3.26. The van der Waals surface area contributed by atoms with Crippen LogP contribution in [0.15, 0.2) is 40.2 Å². The van der Waals surface area contributed by atoms with Crippen molar-refractivity contribution in [3.8, 4) is 5.75 Å². The van der Waals surface area contributed by atoms with Crippen molar-refractivity contribution in [2.45, 2.75) is 19.1 Å². The summed E-state index contributed by atoms with van der Waals surface area (Å²) in [5, 5.41) is 1.99. The van der Waals surface area contributed by atoms with Crippen LogP contribution in [-0.4, -0.2) is 6.61 Å². The minimum atomic E-state index is -2.80. The number of nitrogens with two attached hydrogens (primary N) is 1. The van der Waals surface area contributed by atoms with Crippen molar-refractivity contribution in [3.63, 3.8) is 0 Å². The molecule has 0 saturated heterocycles. The Morgan fingerprint density at radius 2 is 1.89 bits per heavy atom. The number of halogens is 3. The lowest BCUT2D eigenvalue weighted by molar-refractivity contribution is -0.0498. The Morgan fingerprint density at radius 3 is 2.42 bits per heavy atom. The first-order valence-electron chi connectivity index (χ1n) is 5.58. The van der Waals surface area contributed by atoms with Crippen LogP contribution in [0.2, 0.25) is 0 Å². The van der Waals surface area contributed by atoms with Gasteiger partial charge in [0.1, 0.15) is 5.75 Å². The Labute approximate surface area is 122 Å². The highest BCUT2D eigenvalue weighted by molar-refractivity contribution is 9.10. The van der Waals surface area contributed by atoms with Gasteiger partial charge in [-0.25, -0.2) is 0 Å². The summed E-state index contributed by atoms with van der Waals surface area (Å²) in [5.74, 6) is 0.142. The van der Waals surface area contributed by atoms with Crippen LogP contribution in [0.5, 0.6) is 5.75 Å². The molecule has 0 spiro atoms. The van der Waals surface area contributed by atoms with Gasteiger partial charge in [-0.2, -0.15) is 8.78 Å². The summed E-state index contributed by atoms with van der Waals surface area (Å²) >= 11 is 5.09. The zero-order valence-corrected chi connectivity index (χ0v) is 12.3. The molecule has 0 saturated carbocycles. The van der Waals surface area contributed by atoms with Gasteiger partial charge >= 0.3 is 6.61 Å². The van der Waals surface area contributed by atoms with E-state index in [2.05, 4.69) is 20.7 Å². The lowest BCUT2D eigenvalue weighted by atomic mass is 10.0. The molecular formula is C13H12BrF2NOS. The van der Waals surface area contributed by atoms with Crippen molar-refractivity contribution in [2.75, 3.05) is 0 Å². The highest BCUT2D eigenvalue weighted by Crippen LogP contribution is 2.28. The summed E-state index contributed by atoms with van der Waals surface area (Å²) in [6, 6.07) is 8.24. The van der Waals surface area contributed by atoms with E-state index < -0.39 is 6.61 Å².